The van der Waals surface area contributed by atoms with Crippen LogP contribution in [-0.2, 0) is 4.74 Å². The first-order valence-corrected chi connectivity index (χ1v) is 6.59. The average Bonchev–Trinajstić information content (AvgIpc) is 2.56. The lowest BCUT2D eigenvalue weighted by molar-refractivity contribution is 0.0690. The van der Waals surface area contributed by atoms with E-state index < -0.39 is 5.97 Å². The summed E-state index contributed by atoms with van der Waals surface area (Å²) >= 11 is 0. The Hall–Kier alpha value is -2.54. The monoisotopic (exact) mass is 286 g/mol. The molecule has 0 aromatic carbocycles. The molecule has 21 heavy (non-hydrogen) atoms. The quantitative estimate of drug-likeness (QED) is 0.902. The fourth-order valence-electron chi connectivity index (χ4n) is 2.12. The minimum absolute atomic E-state index is 0.0228. The van der Waals surface area contributed by atoms with Crippen LogP contribution in [-0.4, -0.2) is 52.3 Å². The zero-order valence-corrected chi connectivity index (χ0v) is 11.3. The van der Waals surface area contributed by atoms with Crippen molar-refractivity contribution in [1.29, 1.82) is 0 Å². The minimum atomic E-state index is -1.07. The van der Waals surface area contributed by atoms with Crippen LogP contribution in [0, 0.1) is 0 Å². The van der Waals surface area contributed by atoms with Gasteiger partial charge in [0.2, 0.25) is 0 Å². The standard InChI is InChI=1S/C14H14N4O3/c19-14(20)11-8-12(18-4-6-21-7-5-18)17-13(16-11)10-2-1-3-15-9-10/h1-3,8-9H,4-7H2,(H,19,20). The molecule has 1 fully saturated rings. The maximum absolute atomic E-state index is 11.3. The SMILES string of the molecule is O=C(O)c1cc(N2CCOCC2)nc(-c2cccnc2)n1. The van der Waals surface area contributed by atoms with Crippen molar-refractivity contribution < 1.29 is 14.6 Å². The van der Waals surface area contributed by atoms with Gasteiger partial charge in [-0.1, -0.05) is 0 Å². The third-order valence-electron chi connectivity index (χ3n) is 3.19. The van der Waals surface area contributed by atoms with Crippen LogP contribution in [0.4, 0.5) is 5.82 Å². The molecular weight excluding hydrogens is 272 g/mol. The molecule has 7 nitrogen and oxygen atoms in total. The van der Waals surface area contributed by atoms with Gasteiger partial charge in [0.1, 0.15) is 5.82 Å². The second kappa shape index (κ2) is 5.84. The first kappa shape index (κ1) is 13.4. The average molecular weight is 286 g/mol. The number of aromatic carboxylic acids is 1. The summed E-state index contributed by atoms with van der Waals surface area (Å²) in [6, 6.07) is 5.06. The van der Waals surface area contributed by atoms with Crippen molar-refractivity contribution in [3.05, 3.63) is 36.3 Å². The van der Waals surface area contributed by atoms with Crippen LogP contribution in [0.5, 0.6) is 0 Å². The molecule has 1 saturated heterocycles. The highest BCUT2D eigenvalue weighted by molar-refractivity contribution is 5.87. The van der Waals surface area contributed by atoms with E-state index in [1.165, 1.54) is 6.07 Å². The van der Waals surface area contributed by atoms with E-state index in [1.54, 1.807) is 24.5 Å². The van der Waals surface area contributed by atoms with E-state index >= 15 is 0 Å². The van der Waals surface area contributed by atoms with Crippen LogP contribution in [0.15, 0.2) is 30.6 Å². The first-order valence-electron chi connectivity index (χ1n) is 6.59. The Morgan fingerprint density at radius 1 is 1.29 bits per heavy atom. The highest BCUT2D eigenvalue weighted by atomic mass is 16.5. The van der Waals surface area contributed by atoms with Crippen LogP contribution in [0.1, 0.15) is 10.5 Å². The molecule has 0 spiro atoms. The smallest absolute Gasteiger partial charge is 0.354 e. The van der Waals surface area contributed by atoms with Crippen molar-refractivity contribution in [2.24, 2.45) is 0 Å². The largest absolute Gasteiger partial charge is 0.477 e. The fraction of sp³-hybridized carbons (Fsp3) is 0.286. The lowest BCUT2D eigenvalue weighted by Gasteiger charge is -2.28. The van der Waals surface area contributed by atoms with Gasteiger partial charge in [0.15, 0.2) is 11.5 Å². The van der Waals surface area contributed by atoms with Gasteiger partial charge in [-0.15, -0.1) is 0 Å². The molecule has 2 aromatic rings. The number of hydrogen-bond acceptors (Lipinski definition) is 6. The summed E-state index contributed by atoms with van der Waals surface area (Å²) in [4.78, 5) is 25.8. The van der Waals surface area contributed by atoms with Crippen molar-refractivity contribution >= 4 is 11.8 Å². The molecule has 0 radical (unpaired) electrons. The Bertz CT molecular complexity index is 642. The number of carboxylic acids is 1. The first-order chi connectivity index (χ1) is 10.2. The van der Waals surface area contributed by atoms with Crippen molar-refractivity contribution in [3.63, 3.8) is 0 Å². The number of carbonyl (C=O) groups is 1. The number of aromatic nitrogens is 3. The summed E-state index contributed by atoms with van der Waals surface area (Å²) in [5.74, 6) is -0.105. The van der Waals surface area contributed by atoms with E-state index in [1.807, 2.05) is 4.90 Å². The summed E-state index contributed by atoms with van der Waals surface area (Å²) in [5.41, 5.74) is 0.667. The Balaban J connectivity index is 2.03. The molecule has 0 atom stereocenters. The Morgan fingerprint density at radius 2 is 2.10 bits per heavy atom. The molecule has 0 saturated carbocycles. The zero-order chi connectivity index (χ0) is 14.7. The molecule has 0 unspecified atom stereocenters. The van der Waals surface area contributed by atoms with Crippen molar-refractivity contribution in [1.82, 2.24) is 15.0 Å². The molecular formula is C14H14N4O3. The van der Waals surface area contributed by atoms with Gasteiger partial charge < -0.3 is 14.7 Å². The summed E-state index contributed by atoms with van der Waals surface area (Å²) in [6.07, 6.45) is 3.26. The van der Waals surface area contributed by atoms with Gasteiger partial charge in [0, 0.05) is 37.1 Å². The third-order valence-corrected chi connectivity index (χ3v) is 3.19. The van der Waals surface area contributed by atoms with Crippen LogP contribution < -0.4 is 4.90 Å². The Morgan fingerprint density at radius 3 is 2.76 bits per heavy atom. The van der Waals surface area contributed by atoms with Crippen molar-refractivity contribution in [3.8, 4) is 11.4 Å². The van der Waals surface area contributed by atoms with E-state index in [2.05, 4.69) is 15.0 Å². The molecule has 3 rings (SSSR count). The maximum Gasteiger partial charge on any atom is 0.354 e. The highest BCUT2D eigenvalue weighted by Gasteiger charge is 2.18. The number of hydrogen-bond donors (Lipinski definition) is 1. The maximum atomic E-state index is 11.3. The van der Waals surface area contributed by atoms with E-state index in [0.29, 0.717) is 43.5 Å². The summed E-state index contributed by atoms with van der Waals surface area (Å²) in [5, 5.41) is 9.23. The fourth-order valence-corrected chi connectivity index (χ4v) is 2.12. The molecule has 108 valence electrons. The Kier molecular flexibility index (Phi) is 3.74. The molecule has 3 heterocycles. The number of pyridine rings is 1. The molecule has 2 aromatic heterocycles. The van der Waals surface area contributed by atoms with E-state index in [4.69, 9.17) is 4.74 Å². The lowest BCUT2D eigenvalue weighted by atomic mass is 10.2. The van der Waals surface area contributed by atoms with Crippen LogP contribution in [0.3, 0.4) is 0 Å². The van der Waals surface area contributed by atoms with Crippen LogP contribution >= 0.6 is 0 Å². The molecule has 1 aliphatic heterocycles. The lowest BCUT2D eigenvalue weighted by Crippen LogP contribution is -2.37. The third kappa shape index (κ3) is 2.97. The molecule has 0 amide bonds. The van der Waals surface area contributed by atoms with E-state index in [-0.39, 0.29) is 5.69 Å². The second-order valence-electron chi connectivity index (χ2n) is 4.58. The molecule has 1 aliphatic rings. The van der Waals surface area contributed by atoms with E-state index in [9.17, 15) is 9.90 Å². The van der Waals surface area contributed by atoms with Crippen LogP contribution in [0.2, 0.25) is 0 Å². The number of ether oxygens (including phenoxy) is 1. The number of morpholine rings is 1. The van der Waals surface area contributed by atoms with Gasteiger partial charge in [-0.25, -0.2) is 14.8 Å². The van der Waals surface area contributed by atoms with Gasteiger partial charge in [-0.3, -0.25) is 4.98 Å². The van der Waals surface area contributed by atoms with Gasteiger partial charge in [0.25, 0.3) is 0 Å². The number of rotatable bonds is 3. The molecule has 0 bridgehead atoms. The van der Waals surface area contributed by atoms with Crippen LogP contribution in [0.25, 0.3) is 11.4 Å². The summed E-state index contributed by atoms with van der Waals surface area (Å²) < 4.78 is 5.30. The van der Waals surface area contributed by atoms with Gasteiger partial charge in [0.05, 0.1) is 13.2 Å². The number of nitrogens with zero attached hydrogens (tertiary/aromatic N) is 4. The van der Waals surface area contributed by atoms with Crippen molar-refractivity contribution in [2.75, 3.05) is 31.2 Å². The highest BCUT2D eigenvalue weighted by Crippen LogP contribution is 2.20. The number of anilines is 1. The topological polar surface area (TPSA) is 88.4 Å². The predicted molar refractivity (Wildman–Crippen MR) is 75.3 cm³/mol. The Labute approximate surface area is 121 Å². The summed E-state index contributed by atoms with van der Waals surface area (Å²) in [7, 11) is 0. The molecule has 7 heteroatoms. The summed E-state index contributed by atoms with van der Waals surface area (Å²) in [6.45, 7) is 2.58. The van der Waals surface area contributed by atoms with Crippen molar-refractivity contribution in [2.45, 2.75) is 0 Å². The van der Waals surface area contributed by atoms with E-state index in [0.717, 1.165) is 0 Å². The zero-order valence-electron chi connectivity index (χ0n) is 11.3. The van der Waals surface area contributed by atoms with Gasteiger partial charge >= 0.3 is 5.97 Å². The number of carboxylic acid groups (broad SMARTS) is 1. The predicted octanol–water partition coefficient (Wildman–Crippen LogP) is 1.07. The van der Waals surface area contributed by atoms with Gasteiger partial charge in [-0.2, -0.15) is 0 Å². The molecule has 1 N–H and O–H groups in total. The minimum Gasteiger partial charge on any atom is -0.477 e. The molecule has 0 aliphatic carbocycles. The van der Waals surface area contributed by atoms with Gasteiger partial charge in [-0.05, 0) is 12.1 Å². The normalized spacial score (nSPS) is 15.0. The second-order valence-corrected chi connectivity index (χ2v) is 4.58.